The Morgan fingerprint density at radius 3 is 2.24 bits per heavy atom. The van der Waals surface area contributed by atoms with Gasteiger partial charge in [0.1, 0.15) is 0 Å². The largest absolute Gasteiger partial charge is 0.449 e. The number of rotatable bonds is 5. The maximum atomic E-state index is 12.1. The van der Waals surface area contributed by atoms with E-state index in [9.17, 15) is 19.4 Å². The molecule has 0 aliphatic carbocycles. The van der Waals surface area contributed by atoms with E-state index in [4.69, 9.17) is 4.74 Å². The molecule has 0 aromatic carbocycles. The molecule has 1 amide bonds. The third kappa shape index (κ3) is 5.56. The SMILES string of the molecule is CN(C)P(=O)(O)N1CCN(C(=O)OCCC(C)(C)O)CC1. The molecule has 1 fully saturated rings. The Labute approximate surface area is 125 Å². The van der Waals surface area contributed by atoms with Gasteiger partial charge in [0.2, 0.25) is 0 Å². The summed E-state index contributed by atoms with van der Waals surface area (Å²) >= 11 is 0. The summed E-state index contributed by atoms with van der Waals surface area (Å²) in [7, 11) is -0.378. The number of piperazine rings is 1. The van der Waals surface area contributed by atoms with E-state index in [1.165, 1.54) is 14.2 Å². The number of carbonyl (C=O) groups excluding carboxylic acids is 1. The van der Waals surface area contributed by atoms with Crippen molar-refractivity contribution in [3.63, 3.8) is 0 Å². The number of carbonyl (C=O) groups is 1. The fourth-order valence-electron chi connectivity index (χ4n) is 1.87. The zero-order valence-electron chi connectivity index (χ0n) is 13.2. The standard InChI is InChI=1S/C12H26N3O5P/c1-12(2,17)5-10-20-11(16)14-6-8-15(9-7-14)21(18,19)13(3)4/h17H,5-10H2,1-4H3,(H,18,19). The lowest BCUT2D eigenvalue weighted by molar-refractivity contribution is 0.0330. The van der Waals surface area contributed by atoms with Gasteiger partial charge in [-0.15, -0.1) is 0 Å². The van der Waals surface area contributed by atoms with Crippen molar-refractivity contribution in [3.8, 4) is 0 Å². The zero-order valence-corrected chi connectivity index (χ0v) is 14.0. The van der Waals surface area contributed by atoms with Gasteiger partial charge in [-0.3, -0.25) is 4.57 Å². The summed E-state index contributed by atoms with van der Waals surface area (Å²) in [6.45, 7) is 4.80. The summed E-state index contributed by atoms with van der Waals surface area (Å²) in [4.78, 5) is 23.3. The molecule has 124 valence electrons. The molecule has 0 bridgehead atoms. The highest BCUT2D eigenvalue weighted by Gasteiger charge is 2.34. The number of ether oxygens (including phenoxy) is 1. The predicted octanol–water partition coefficient (Wildman–Crippen LogP) is 0.564. The Balaban J connectivity index is 2.39. The molecule has 1 heterocycles. The number of amides is 1. The summed E-state index contributed by atoms with van der Waals surface area (Å²) in [5.41, 5.74) is -0.867. The minimum atomic E-state index is -3.49. The fourth-order valence-corrected chi connectivity index (χ4v) is 3.08. The van der Waals surface area contributed by atoms with Gasteiger partial charge in [0.05, 0.1) is 12.2 Å². The molecular weight excluding hydrogens is 297 g/mol. The normalized spacial score (nSPS) is 20.4. The summed E-state index contributed by atoms with van der Waals surface area (Å²) in [6, 6.07) is 0. The van der Waals surface area contributed by atoms with E-state index in [0.717, 1.165) is 0 Å². The van der Waals surface area contributed by atoms with E-state index in [1.54, 1.807) is 27.9 Å². The molecule has 21 heavy (non-hydrogen) atoms. The maximum absolute atomic E-state index is 12.1. The van der Waals surface area contributed by atoms with E-state index in [-0.39, 0.29) is 6.61 Å². The Morgan fingerprint density at radius 1 is 1.29 bits per heavy atom. The quantitative estimate of drug-likeness (QED) is 0.714. The Bertz CT molecular complexity index is 402. The van der Waals surface area contributed by atoms with Gasteiger partial charge in [-0.25, -0.2) is 14.1 Å². The molecule has 0 aromatic heterocycles. The molecule has 1 unspecified atom stereocenters. The lowest BCUT2D eigenvalue weighted by Crippen LogP contribution is -2.48. The molecule has 0 spiro atoms. The van der Waals surface area contributed by atoms with Crippen LogP contribution in [-0.4, -0.2) is 82.8 Å². The molecule has 9 heteroatoms. The van der Waals surface area contributed by atoms with Crippen molar-refractivity contribution < 1.29 is 24.1 Å². The topological polar surface area (TPSA) is 93.6 Å². The fraction of sp³-hybridized carbons (Fsp3) is 0.917. The van der Waals surface area contributed by atoms with E-state index in [0.29, 0.717) is 32.6 Å². The lowest BCUT2D eigenvalue weighted by Gasteiger charge is -2.37. The molecule has 1 aliphatic heterocycles. The molecule has 1 rings (SSSR count). The molecule has 0 radical (unpaired) electrons. The van der Waals surface area contributed by atoms with E-state index >= 15 is 0 Å². The van der Waals surface area contributed by atoms with Gasteiger partial charge in [-0.2, -0.15) is 0 Å². The Kier molecular flexibility index (Phi) is 6.19. The number of aliphatic hydroxyl groups is 1. The lowest BCUT2D eigenvalue weighted by atomic mass is 10.1. The predicted molar refractivity (Wildman–Crippen MR) is 78.9 cm³/mol. The number of hydrogen-bond acceptors (Lipinski definition) is 4. The van der Waals surface area contributed by atoms with Gasteiger partial charge in [-0.05, 0) is 27.9 Å². The van der Waals surface area contributed by atoms with Crippen LogP contribution in [0.25, 0.3) is 0 Å². The van der Waals surface area contributed by atoms with Crippen molar-refractivity contribution in [2.45, 2.75) is 25.9 Å². The minimum Gasteiger partial charge on any atom is -0.449 e. The highest BCUT2D eigenvalue weighted by atomic mass is 31.2. The van der Waals surface area contributed by atoms with E-state index < -0.39 is 19.4 Å². The highest BCUT2D eigenvalue weighted by molar-refractivity contribution is 7.52. The minimum absolute atomic E-state index is 0.152. The van der Waals surface area contributed by atoms with Crippen molar-refractivity contribution in [2.75, 3.05) is 46.9 Å². The first-order chi connectivity index (χ1) is 9.54. The van der Waals surface area contributed by atoms with Crippen LogP contribution in [0.3, 0.4) is 0 Å². The monoisotopic (exact) mass is 323 g/mol. The third-order valence-electron chi connectivity index (χ3n) is 3.34. The molecule has 0 saturated carbocycles. The first-order valence-electron chi connectivity index (χ1n) is 6.94. The van der Waals surface area contributed by atoms with Crippen LogP contribution in [0.5, 0.6) is 0 Å². The zero-order chi connectivity index (χ0) is 16.3. The number of hydrogen-bond donors (Lipinski definition) is 2. The Hall–Kier alpha value is -0.660. The Morgan fingerprint density at radius 2 is 1.81 bits per heavy atom. The average molecular weight is 323 g/mol. The molecule has 8 nitrogen and oxygen atoms in total. The molecule has 1 atom stereocenters. The summed E-state index contributed by atoms with van der Waals surface area (Å²) < 4.78 is 19.9. The van der Waals surface area contributed by atoms with Crippen LogP contribution in [0.4, 0.5) is 4.79 Å². The van der Waals surface area contributed by atoms with Gasteiger partial charge in [0.25, 0.3) is 0 Å². The van der Waals surface area contributed by atoms with Gasteiger partial charge in [0, 0.05) is 32.6 Å². The first kappa shape index (κ1) is 18.4. The van der Waals surface area contributed by atoms with Crippen molar-refractivity contribution >= 4 is 13.8 Å². The summed E-state index contributed by atoms with van der Waals surface area (Å²) in [5, 5.41) is 9.54. The highest BCUT2D eigenvalue weighted by Crippen LogP contribution is 2.47. The van der Waals surface area contributed by atoms with Gasteiger partial charge in [0.15, 0.2) is 0 Å². The first-order valence-corrected chi connectivity index (χ1v) is 8.50. The van der Waals surface area contributed by atoms with Crippen molar-refractivity contribution in [3.05, 3.63) is 0 Å². The van der Waals surface area contributed by atoms with Crippen LogP contribution in [0, 0.1) is 0 Å². The second kappa shape index (κ2) is 7.07. The van der Waals surface area contributed by atoms with Gasteiger partial charge in [-0.1, -0.05) is 0 Å². The summed E-state index contributed by atoms with van der Waals surface area (Å²) in [5.74, 6) is 0. The third-order valence-corrected chi connectivity index (χ3v) is 5.52. The van der Waals surface area contributed by atoms with E-state index in [1.807, 2.05) is 0 Å². The molecule has 2 N–H and O–H groups in total. The van der Waals surface area contributed by atoms with Crippen molar-refractivity contribution in [1.29, 1.82) is 0 Å². The van der Waals surface area contributed by atoms with Crippen LogP contribution in [0.1, 0.15) is 20.3 Å². The van der Waals surface area contributed by atoms with Crippen molar-refractivity contribution in [2.24, 2.45) is 0 Å². The maximum Gasteiger partial charge on any atom is 0.409 e. The van der Waals surface area contributed by atoms with Crippen LogP contribution in [0.15, 0.2) is 0 Å². The smallest absolute Gasteiger partial charge is 0.409 e. The van der Waals surface area contributed by atoms with Crippen LogP contribution in [0.2, 0.25) is 0 Å². The number of nitrogens with zero attached hydrogens (tertiary/aromatic N) is 3. The second-order valence-corrected chi connectivity index (χ2v) is 8.37. The summed E-state index contributed by atoms with van der Waals surface area (Å²) in [6.07, 6.45) is -0.0814. The van der Waals surface area contributed by atoms with Crippen LogP contribution in [-0.2, 0) is 9.30 Å². The second-order valence-electron chi connectivity index (χ2n) is 5.98. The van der Waals surface area contributed by atoms with Gasteiger partial charge >= 0.3 is 13.8 Å². The van der Waals surface area contributed by atoms with Gasteiger partial charge < -0.3 is 19.6 Å². The average Bonchev–Trinajstić information content (AvgIpc) is 2.37. The van der Waals surface area contributed by atoms with Crippen molar-refractivity contribution in [1.82, 2.24) is 14.2 Å². The van der Waals surface area contributed by atoms with Crippen LogP contribution < -0.4 is 0 Å². The molecule has 1 aliphatic rings. The molecular formula is C12H26N3O5P. The molecule has 0 aromatic rings. The van der Waals surface area contributed by atoms with E-state index in [2.05, 4.69) is 0 Å². The molecule has 1 saturated heterocycles. The van der Waals surface area contributed by atoms with Crippen LogP contribution >= 0.6 is 7.67 Å².